The van der Waals surface area contributed by atoms with E-state index in [4.69, 9.17) is 4.74 Å². The summed E-state index contributed by atoms with van der Waals surface area (Å²) >= 11 is 0. The Morgan fingerprint density at radius 1 is 0.947 bits per heavy atom. The van der Waals surface area contributed by atoms with Gasteiger partial charge in [0, 0.05) is 13.1 Å². The molecule has 98 valence electrons. The van der Waals surface area contributed by atoms with Gasteiger partial charge in [-0.15, -0.1) is 0 Å². The van der Waals surface area contributed by atoms with E-state index in [1.807, 2.05) is 18.2 Å². The van der Waals surface area contributed by atoms with E-state index in [1.54, 1.807) is 6.08 Å². The molecule has 0 fully saturated rings. The Morgan fingerprint density at radius 3 is 2.47 bits per heavy atom. The van der Waals surface area contributed by atoms with Crippen molar-refractivity contribution in [3.8, 4) is 5.75 Å². The van der Waals surface area contributed by atoms with Crippen LogP contribution in [-0.2, 0) is 13.1 Å². The summed E-state index contributed by atoms with van der Waals surface area (Å²) in [5.41, 5.74) is 2.51. The quantitative estimate of drug-likeness (QED) is 0.762. The fourth-order valence-electron chi connectivity index (χ4n) is 1.85. The molecule has 0 aromatic heterocycles. The SMILES string of the molecule is C=CCOc1cccc(CNCc2ccccc2)c1. The van der Waals surface area contributed by atoms with Gasteiger partial charge in [0.15, 0.2) is 0 Å². The molecule has 2 aromatic rings. The van der Waals surface area contributed by atoms with Crippen molar-refractivity contribution in [2.75, 3.05) is 6.61 Å². The molecule has 2 rings (SSSR count). The van der Waals surface area contributed by atoms with Crippen LogP contribution in [0.3, 0.4) is 0 Å². The number of ether oxygens (including phenoxy) is 1. The summed E-state index contributed by atoms with van der Waals surface area (Å²) in [5, 5.41) is 3.43. The predicted octanol–water partition coefficient (Wildman–Crippen LogP) is 3.54. The molecule has 0 aliphatic rings. The van der Waals surface area contributed by atoms with Gasteiger partial charge in [-0.2, -0.15) is 0 Å². The van der Waals surface area contributed by atoms with Crippen molar-refractivity contribution < 1.29 is 4.74 Å². The van der Waals surface area contributed by atoms with Gasteiger partial charge in [0.25, 0.3) is 0 Å². The Labute approximate surface area is 114 Å². The molecular weight excluding hydrogens is 234 g/mol. The summed E-state index contributed by atoms with van der Waals surface area (Å²) in [6, 6.07) is 18.5. The van der Waals surface area contributed by atoms with Crippen molar-refractivity contribution in [1.82, 2.24) is 5.32 Å². The minimum Gasteiger partial charge on any atom is -0.490 e. The maximum atomic E-state index is 5.51. The third-order valence-corrected chi connectivity index (χ3v) is 2.77. The standard InChI is InChI=1S/C17H19NO/c1-2-11-19-17-10-6-9-16(12-17)14-18-13-15-7-4-3-5-8-15/h2-10,12,18H,1,11,13-14H2. The number of benzene rings is 2. The van der Waals surface area contributed by atoms with E-state index in [0.717, 1.165) is 18.8 Å². The zero-order valence-corrected chi connectivity index (χ0v) is 11.0. The maximum absolute atomic E-state index is 5.51. The third kappa shape index (κ3) is 4.60. The van der Waals surface area contributed by atoms with Crippen LogP contribution in [0.4, 0.5) is 0 Å². The Bertz CT molecular complexity index is 508. The molecule has 0 bridgehead atoms. The average molecular weight is 253 g/mol. The minimum absolute atomic E-state index is 0.543. The maximum Gasteiger partial charge on any atom is 0.120 e. The van der Waals surface area contributed by atoms with Gasteiger partial charge in [-0.1, -0.05) is 55.1 Å². The van der Waals surface area contributed by atoms with Crippen LogP contribution < -0.4 is 10.1 Å². The van der Waals surface area contributed by atoms with Crippen LogP contribution >= 0.6 is 0 Å². The Hall–Kier alpha value is -2.06. The van der Waals surface area contributed by atoms with Gasteiger partial charge in [0.2, 0.25) is 0 Å². The Balaban J connectivity index is 1.84. The van der Waals surface area contributed by atoms with Gasteiger partial charge in [-0.3, -0.25) is 0 Å². The summed E-state index contributed by atoms with van der Waals surface area (Å²) in [7, 11) is 0. The van der Waals surface area contributed by atoms with Gasteiger partial charge < -0.3 is 10.1 Å². The Morgan fingerprint density at radius 2 is 1.68 bits per heavy atom. The average Bonchev–Trinajstić information content (AvgIpc) is 2.47. The molecule has 0 unspecified atom stereocenters. The molecule has 0 radical (unpaired) electrons. The molecule has 19 heavy (non-hydrogen) atoms. The third-order valence-electron chi connectivity index (χ3n) is 2.77. The molecular formula is C17H19NO. The smallest absolute Gasteiger partial charge is 0.120 e. The lowest BCUT2D eigenvalue weighted by atomic mass is 10.2. The van der Waals surface area contributed by atoms with Crippen LogP contribution in [0.5, 0.6) is 5.75 Å². The zero-order chi connectivity index (χ0) is 13.3. The second kappa shape index (κ2) is 7.39. The molecule has 0 atom stereocenters. The van der Waals surface area contributed by atoms with Crippen LogP contribution in [0.15, 0.2) is 67.3 Å². The highest BCUT2D eigenvalue weighted by Crippen LogP contribution is 2.13. The first-order chi connectivity index (χ1) is 9.38. The van der Waals surface area contributed by atoms with Crippen LogP contribution in [-0.4, -0.2) is 6.61 Å². The highest BCUT2D eigenvalue weighted by molar-refractivity contribution is 5.28. The van der Waals surface area contributed by atoms with Crippen molar-refractivity contribution in [2.45, 2.75) is 13.1 Å². The normalized spacial score (nSPS) is 10.1. The Kier molecular flexibility index (Phi) is 5.20. The highest BCUT2D eigenvalue weighted by atomic mass is 16.5. The topological polar surface area (TPSA) is 21.3 Å². The van der Waals surface area contributed by atoms with E-state index in [-0.39, 0.29) is 0 Å². The predicted molar refractivity (Wildman–Crippen MR) is 79.1 cm³/mol. The fourth-order valence-corrected chi connectivity index (χ4v) is 1.85. The lowest BCUT2D eigenvalue weighted by Crippen LogP contribution is -2.12. The molecule has 0 heterocycles. The van der Waals surface area contributed by atoms with E-state index in [2.05, 4.69) is 48.3 Å². The van der Waals surface area contributed by atoms with Crippen molar-refractivity contribution >= 4 is 0 Å². The van der Waals surface area contributed by atoms with Gasteiger partial charge >= 0.3 is 0 Å². The first kappa shape index (κ1) is 13.4. The molecule has 2 aromatic carbocycles. The van der Waals surface area contributed by atoms with E-state index >= 15 is 0 Å². The molecule has 0 spiro atoms. The second-order valence-corrected chi connectivity index (χ2v) is 4.34. The molecule has 0 amide bonds. The molecule has 0 aliphatic carbocycles. The second-order valence-electron chi connectivity index (χ2n) is 4.34. The summed E-state index contributed by atoms with van der Waals surface area (Å²) in [6.45, 7) is 5.89. The van der Waals surface area contributed by atoms with Crippen molar-refractivity contribution in [3.63, 3.8) is 0 Å². The van der Waals surface area contributed by atoms with Crippen LogP contribution in [0, 0.1) is 0 Å². The lowest BCUT2D eigenvalue weighted by Gasteiger charge is -2.08. The van der Waals surface area contributed by atoms with Crippen molar-refractivity contribution in [2.24, 2.45) is 0 Å². The zero-order valence-electron chi connectivity index (χ0n) is 11.0. The van der Waals surface area contributed by atoms with E-state index < -0.39 is 0 Å². The van der Waals surface area contributed by atoms with Crippen LogP contribution in [0.1, 0.15) is 11.1 Å². The summed E-state index contributed by atoms with van der Waals surface area (Å²) in [4.78, 5) is 0. The number of hydrogen-bond donors (Lipinski definition) is 1. The molecule has 2 heteroatoms. The summed E-state index contributed by atoms with van der Waals surface area (Å²) < 4.78 is 5.51. The molecule has 0 saturated heterocycles. The monoisotopic (exact) mass is 253 g/mol. The van der Waals surface area contributed by atoms with Crippen molar-refractivity contribution in [3.05, 3.63) is 78.4 Å². The first-order valence-corrected chi connectivity index (χ1v) is 6.46. The number of nitrogens with one attached hydrogen (secondary N) is 1. The largest absolute Gasteiger partial charge is 0.490 e. The van der Waals surface area contributed by atoms with Crippen LogP contribution in [0.25, 0.3) is 0 Å². The molecule has 2 nitrogen and oxygen atoms in total. The molecule has 1 N–H and O–H groups in total. The highest BCUT2D eigenvalue weighted by Gasteiger charge is 1.97. The van der Waals surface area contributed by atoms with Gasteiger partial charge in [-0.05, 0) is 23.3 Å². The van der Waals surface area contributed by atoms with E-state index in [1.165, 1.54) is 11.1 Å². The summed E-state index contributed by atoms with van der Waals surface area (Å²) in [5.74, 6) is 0.888. The van der Waals surface area contributed by atoms with Gasteiger partial charge in [-0.25, -0.2) is 0 Å². The molecule has 0 aliphatic heterocycles. The summed E-state index contributed by atoms with van der Waals surface area (Å²) in [6.07, 6.45) is 1.75. The number of hydrogen-bond acceptors (Lipinski definition) is 2. The van der Waals surface area contributed by atoms with E-state index in [0.29, 0.717) is 6.61 Å². The lowest BCUT2D eigenvalue weighted by molar-refractivity contribution is 0.362. The van der Waals surface area contributed by atoms with Gasteiger partial charge in [0.1, 0.15) is 12.4 Å². The van der Waals surface area contributed by atoms with Crippen molar-refractivity contribution in [1.29, 1.82) is 0 Å². The van der Waals surface area contributed by atoms with Gasteiger partial charge in [0.05, 0.1) is 0 Å². The molecule has 0 saturated carbocycles. The number of rotatable bonds is 7. The first-order valence-electron chi connectivity index (χ1n) is 6.46. The fraction of sp³-hybridized carbons (Fsp3) is 0.176. The minimum atomic E-state index is 0.543. The van der Waals surface area contributed by atoms with E-state index in [9.17, 15) is 0 Å². The van der Waals surface area contributed by atoms with Crippen LogP contribution in [0.2, 0.25) is 0 Å².